The number of rotatable bonds is 3. The standard InChI is InChI=1S/C7H12IN/c1-7(2,3-5-8)4-6-9/h3-5H2,1-2H3. The molecule has 0 radical (unpaired) electrons. The van der Waals surface area contributed by atoms with Crippen molar-refractivity contribution in [2.75, 3.05) is 4.43 Å². The van der Waals surface area contributed by atoms with E-state index in [2.05, 4.69) is 42.5 Å². The van der Waals surface area contributed by atoms with Crippen molar-refractivity contribution in [2.45, 2.75) is 26.7 Å². The third-order valence-corrected chi connectivity index (χ3v) is 1.87. The second-order valence-electron chi connectivity index (χ2n) is 2.94. The Morgan fingerprint density at radius 3 is 2.44 bits per heavy atom. The van der Waals surface area contributed by atoms with Crippen LogP contribution in [0.15, 0.2) is 0 Å². The molecule has 0 aliphatic rings. The van der Waals surface area contributed by atoms with Gasteiger partial charge in [-0.25, -0.2) is 0 Å². The zero-order valence-corrected chi connectivity index (χ0v) is 8.10. The van der Waals surface area contributed by atoms with Crippen LogP contribution in [0.3, 0.4) is 0 Å². The van der Waals surface area contributed by atoms with Gasteiger partial charge in [0.25, 0.3) is 0 Å². The summed E-state index contributed by atoms with van der Waals surface area (Å²) in [6.45, 7) is 4.27. The van der Waals surface area contributed by atoms with E-state index in [4.69, 9.17) is 5.26 Å². The van der Waals surface area contributed by atoms with Crippen molar-refractivity contribution < 1.29 is 0 Å². The minimum absolute atomic E-state index is 0.232. The molecular weight excluding hydrogens is 225 g/mol. The van der Waals surface area contributed by atoms with Gasteiger partial charge in [-0.3, -0.25) is 0 Å². The first-order valence-electron chi connectivity index (χ1n) is 3.05. The molecule has 0 spiro atoms. The van der Waals surface area contributed by atoms with E-state index in [1.165, 1.54) is 0 Å². The molecular formula is C7H12IN. The number of nitriles is 1. The van der Waals surface area contributed by atoms with E-state index in [1.807, 2.05) is 0 Å². The van der Waals surface area contributed by atoms with Crippen LogP contribution >= 0.6 is 22.6 Å². The molecule has 0 aromatic rings. The Bertz CT molecular complexity index is 113. The van der Waals surface area contributed by atoms with Gasteiger partial charge in [-0.15, -0.1) is 0 Å². The third kappa shape index (κ3) is 4.71. The van der Waals surface area contributed by atoms with Crippen molar-refractivity contribution in [3.8, 4) is 6.07 Å². The Kier molecular flexibility index (Phi) is 4.20. The lowest BCUT2D eigenvalue weighted by molar-refractivity contribution is 0.367. The maximum atomic E-state index is 8.38. The van der Waals surface area contributed by atoms with E-state index in [0.717, 1.165) is 10.8 Å². The van der Waals surface area contributed by atoms with Crippen LogP contribution in [0, 0.1) is 16.7 Å². The van der Waals surface area contributed by atoms with Gasteiger partial charge in [0.05, 0.1) is 6.07 Å². The Hall–Kier alpha value is 0.220. The van der Waals surface area contributed by atoms with E-state index in [-0.39, 0.29) is 5.41 Å². The topological polar surface area (TPSA) is 23.8 Å². The summed E-state index contributed by atoms with van der Waals surface area (Å²) in [5.74, 6) is 0. The first-order chi connectivity index (χ1) is 4.12. The Labute approximate surface area is 70.6 Å². The molecule has 0 saturated heterocycles. The van der Waals surface area contributed by atoms with Crippen LogP contribution in [0.4, 0.5) is 0 Å². The maximum absolute atomic E-state index is 8.38. The van der Waals surface area contributed by atoms with Crippen LogP contribution < -0.4 is 0 Å². The molecule has 0 rings (SSSR count). The number of hydrogen-bond acceptors (Lipinski definition) is 1. The predicted octanol–water partition coefficient (Wildman–Crippen LogP) is 2.75. The molecule has 52 valence electrons. The highest BCUT2D eigenvalue weighted by Crippen LogP contribution is 2.24. The highest BCUT2D eigenvalue weighted by Gasteiger charge is 2.15. The lowest BCUT2D eigenvalue weighted by Gasteiger charge is -2.18. The largest absolute Gasteiger partial charge is 0.198 e. The molecule has 0 aliphatic carbocycles. The summed E-state index contributed by atoms with van der Waals surface area (Å²) < 4.78 is 1.15. The molecule has 0 unspecified atom stereocenters. The molecule has 0 aromatic carbocycles. The normalized spacial score (nSPS) is 10.9. The summed E-state index contributed by atoms with van der Waals surface area (Å²) in [5.41, 5.74) is 0.232. The average Bonchev–Trinajstić information content (AvgIpc) is 1.64. The summed E-state index contributed by atoms with van der Waals surface area (Å²) in [5, 5.41) is 8.38. The van der Waals surface area contributed by atoms with Crippen molar-refractivity contribution in [2.24, 2.45) is 5.41 Å². The zero-order valence-electron chi connectivity index (χ0n) is 5.95. The van der Waals surface area contributed by atoms with Gasteiger partial charge in [-0.1, -0.05) is 36.4 Å². The van der Waals surface area contributed by atoms with Gasteiger partial charge >= 0.3 is 0 Å². The molecule has 0 saturated carbocycles. The van der Waals surface area contributed by atoms with Crippen LogP contribution in [0.5, 0.6) is 0 Å². The fraction of sp³-hybridized carbons (Fsp3) is 0.857. The predicted molar refractivity (Wildman–Crippen MR) is 47.5 cm³/mol. The van der Waals surface area contributed by atoms with E-state index in [1.54, 1.807) is 0 Å². The molecule has 1 nitrogen and oxygen atoms in total. The molecule has 0 aromatic heterocycles. The van der Waals surface area contributed by atoms with Gasteiger partial charge in [0, 0.05) is 10.8 Å². The molecule has 0 atom stereocenters. The molecule has 0 fully saturated rings. The van der Waals surface area contributed by atoms with Gasteiger partial charge in [-0.05, 0) is 11.8 Å². The van der Waals surface area contributed by atoms with Crippen LogP contribution in [-0.4, -0.2) is 4.43 Å². The molecule has 0 amide bonds. The van der Waals surface area contributed by atoms with Crippen LogP contribution in [0.2, 0.25) is 0 Å². The Morgan fingerprint density at radius 1 is 1.56 bits per heavy atom. The quantitative estimate of drug-likeness (QED) is 0.546. The lowest BCUT2D eigenvalue weighted by Crippen LogP contribution is -2.10. The average molecular weight is 237 g/mol. The third-order valence-electron chi connectivity index (χ3n) is 1.33. The smallest absolute Gasteiger partial charge is 0.0627 e. The maximum Gasteiger partial charge on any atom is 0.0627 e. The van der Waals surface area contributed by atoms with Crippen molar-refractivity contribution in [3.05, 3.63) is 0 Å². The van der Waals surface area contributed by atoms with Crippen molar-refractivity contribution in [3.63, 3.8) is 0 Å². The Balaban J connectivity index is 3.59. The summed E-state index contributed by atoms with van der Waals surface area (Å²) in [6, 6.07) is 2.19. The van der Waals surface area contributed by atoms with Gasteiger partial charge in [0.2, 0.25) is 0 Å². The van der Waals surface area contributed by atoms with Crippen LogP contribution in [0.1, 0.15) is 26.7 Å². The first kappa shape index (κ1) is 9.22. The summed E-state index contributed by atoms with van der Waals surface area (Å²) in [4.78, 5) is 0. The van der Waals surface area contributed by atoms with E-state index < -0.39 is 0 Å². The number of alkyl halides is 1. The minimum atomic E-state index is 0.232. The fourth-order valence-electron chi connectivity index (χ4n) is 0.558. The van der Waals surface area contributed by atoms with Gasteiger partial charge in [0.15, 0.2) is 0 Å². The van der Waals surface area contributed by atoms with Crippen molar-refractivity contribution in [1.29, 1.82) is 5.26 Å². The zero-order chi connectivity index (χ0) is 7.33. The fourth-order valence-corrected chi connectivity index (χ4v) is 2.02. The van der Waals surface area contributed by atoms with Gasteiger partial charge in [0.1, 0.15) is 0 Å². The Morgan fingerprint density at radius 2 is 2.11 bits per heavy atom. The highest BCUT2D eigenvalue weighted by atomic mass is 127. The lowest BCUT2D eigenvalue weighted by atomic mass is 9.87. The van der Waals surface area contributed by atoms with E-state index in [0.29, 0.717) is 6.42 Å². The number of hydrogen-bond donors (Lipinski definition) is 0. The monoisotopic (exact) mass is 237 g/mol. The number of halogens is 1. The molecule has 9 heavy (non-hydrogen) atoms. The van der Waals surface area contributed by atoms with E-state index in [9.17, 15) is 0 Å². The van der Waals surface area contributed by atoms with Gasteiger partial charge < -0.3 is 0 Å². The summed E-state index contributed by atoms with van der Waals surface area (Å²) in [6.07, 6.45) is 1.82. The molecule has 0 N–H and O–H groups in total. The molecule has 0 aliphatic heterocycles. The molecule has 2 heteroatoms. The van der Waals surface area contributed by atoms with Crippen LogP contribution in [-0.2, 0) is 0 Å². The minimum Gasteiger partial charge on any atom is -0.198 e. The second-order valence-corrected chi connectivity index (χ2v) is 4.02. The highest BCUT2D eigenvalue weighted by molar-refractivity contribution is 14.1. The van der Waals surface area contributed by atoms with Crippen molar-refractivity contribution >= 4 is 22.6 Å². The first-order valence-corrected chi connectivity index (χ1v) is 4.58. The molecule has 0 heterocycles. The second kappa shape index (κ2) is 4.10. The summed E-state index contributed by atoms with van der Waals surface area (Å²) >= 11 is 2.34. The van der Waals surface area contributed by atoms with Crippen molar-refractivity contribution in [1.82, 2.24) is 0 Å². The van der Waals surface area contributed by atoms with Crippen LogP contribution in [0.25, 0.3) is 0 Å². The SMILES string of the molecule is CC(C)(CC#N)CCI. The summed E-state index contributed by atoms with van der Waals surface area (Å²) in [7, 11) is 0. The molecule has 0 bridgehead atoms. The van der Waals surface area contributed by atoms with E-state index >= 15 is 0 Å². The number of nitrogens with zero attached hydrogens (tertiary/aromatic N) is 1. The van der Waals surface area contributed by atoms with Gasteiger partial charge in [-0.2, -0.15) is 5.26 Å².